The number of nitrogens with zero attached hydrogens (tertiary/aromatic N) is 2. The number of nitrogens with one attached hydrogen (secondary N) is 2. The predicted octanol–water partition coefficient (Wildman–Crippen LogP) is 5.33. The van der Waals surface area contributed by atoms with Crippen LogP contribution < -0.4 is 25.0 Å². The first-order chi connectivity index (χ1) is 19.2. The Kier molecular flexibility index (Phi) is 9.80. The molecule has 1 heterocycles. The fourth-order valence-corrected chi connectivity index (χ4v) is 4.88. The van der Waals surface area contributed by atoms with Gasteiger partial charge in [0, 0.05) is 30.0 Å². The van der Waals surface area contributed by atoms with E-state index in [2.05, 4.69) is 15.8 Å². The molecule has 0 fully saturated rings. The van der Waals surface area contributed by atoms with Crippen molar-refractivity contribution >= 4 is 29.2 Å². The van der Waals surface area contributed by atoms with Crippen molar-refractivity contribution in [2.45, 2.75) is 72.9 Å². The lowest BCUT2D eigenvalue weighted by Crippen LogP contribution is -2.50. The minimum absolute atomic E-state index is 0.131. The number of anilines is 2. The molecule has 3 aromatic rings. The molecule has 2 aromatic carbocycles. The number of hydrogen-bond donors (Lipinski definition) is 2. The number of aryl methyl sites for hydroxylation is 4. The zero-order valence-corrected chi connectivity index (χ0v) is 25.3. The highest BCUT2D eigenvalue weighted by atomic mass is 16.5. The molecule has 1 aromatic heterocycles. The molecule has 41 heavy (non-hydrogen) atoms. The molecule has 0 aliphatic carbocycles. The Labute approximate surface area is 241 Å². The van der Waals surface area contributed by atoms with Gasteiger partial charge in [-0.2, -0.15) is 0 Å². The Morgan fingerprint density at radius 2 is 1.63 bits per heavy atom. The molecule has 0 unspecified atom stereocenters. The van der Waals surface area contributed by atoms with E-state index in [1.807, 2.05) is 53.7 Å². The molecular formula is C31H40N4O6. The van der Waals surface area contributed by atoms with Crippen molar-refractivity contribution in [1.29, 1.82) is 0 Å². The first kappa shape index (κ1) is 31.2. The topological polar surface area (TPSA) is 123 Å². The molecule has 10 heteroatoms. The molecule has 0 bridgehead atoms. The van der Waals surface area contributed by atoms with Crippen molar-refractivity contribution in [2.24, 2.45) is 0 Å². The van der Waals surface area contributed by atoms with Crippen molar-refractivity contribution in [3.8, 4) is 11.5 Å². The average molecular weight is 565 g/mol. The lowest BCUT2D eigenvalue weighted by Gasteiger charge is -2.36. The molecule has 10 nitrogen and oxygen atoms in total. The Bertz CT molecular complexity index is 1400. The van der Waals surface area contributed by atoms with Crippen LogP contribution in [-0.2, 0) is 14.4 Å². The molecular weight excluding hydrogens is 524 g/mol. The molecule has 0 aliphatic heterocycles. The van der Waals surface area contributed by atoms with Crippen LogP contribution in [0.15, 0.2) is 40.9 Å². The van der Waals surface area contributed by atoms with Crippen LogP contribution in [0.1, 0.15) is 67.7 Å². The molecule has 0 aliphatic rings. The Balaban J connectivity index is 2.15. The van der Waals surface area contributed by atoms with Crippen molar-refractivity contribution < 1.29 is 28.4 Å². The van der Waals surface area contributed by atoms with Gasteiger partial charge in [-0.25, -0.2) is 0 Å². The molecule has 0 saturated heterocycles. The Morgan fingerprint density at radius 3 is 2.17 bits per heavy atom. The van der Waals surface area contributed by atoms with Crippen LogP contribution in [0.25, 0.3) is 0 Å². The molecule has 3 rings (SSSR count). The predicted molar refractivity (Wildman–Crippen MR) is 157 cm³/mol. The van der Waals surface area contributed by atoms with Gasteiger partial charge in [-0.1, -0.05) is 35.0 Å². The number of rotatable bonds is 10. The van der Waals surface area contributed by atoms with Crippen molar-refractivity contribution in [3.05, 3.63) is 64.4 Å². The number of para-hydroxylation sites is 1. The SMILES string of the molecule is COc1cccc([C@@H](C(=O)NC(C)(C)C)N(C(=O)CCC(=O)Nc2cc(C)on2)c2c(C)cc(C)cc2C)c1OC. The molecule has 0 spiro atoms. The lowest BCUT2D eigenvalue weighted by atomic mass is 9.96. The largest absolute Gasteiger partial charge is 0.493 e. The highest BCUT2D eigenvalue weighted by Gasteiger charge is 2.38. The van der Waals surface area contributed by atoms with Crippen LogP contribution in [0.2, 0.25) is 0 Å². The summed E-state index contributed by atoms with van der Waals surface area (Å²) >= 11 is 0. The Hall–Kier alpha value is -4.34. The maximum absolute atomic E-state index is 14.2. The van der Waals surface area contributed by atoms with E-state index in [9.17, 15) is 14.4 Å². The number of aromatic nitrogens is 1. The second-order valence-electron chi connectivity index (χ2n) is 11.1. The van der Waals surface area contributed by atoms with E-state index in [0.717, 1.165) is 16.7 Å². The third-order valence-corrected chi connectivity index (χ3v) is 6.34. The zero-order chi connectivity index (χ0) is 30.5. The lowest BCUT2D eigenvalue weighted by molar-refractivity contribution is -0.128. The molecule has 0 saturated carbocycles. The second-order valence-corrected chi connectivity index (χ2v) is 11.1. The summed E-state index contributed by atoms with van der Waals surface area (Å²) in [4.78, 5) is 42.5. The zero-order valence-electron chi connectivity index (χ0n) is 25.3. The third-order valence-electron chi connectivity index (χ3n) is 6.34. The quantitative estimate of drug-likeness (QED) is 0.341. The number of carbonyl (C=O) groups excluding carboxylic acids is 3. The first-order valence-electron chi connectivity index (χ1n) is 13.4. The summed E-state index contributed by atoms with van der Waals surface area (Å²) in [6.07, 6.45) is -0.297. The average Bonchev–Trinajstić information content (AvgIpc) is 3.28. The monoisotopic (exact) mass is 564 g/mol. The van der Waals surface area contributed by atoms with E-state index in [1.165, 1.54) is 19.1 Å². The van der Waals surface area contributed by atoms with Gasteiger partial charge in [0.1, 0.15) is 11.8 Å². The highest BCUT2D eigenvalue weighted by molar-refractivity contribution is 6.04. The third kappa shape index (κ3) is 7.65. The maximum Gasteiger partial charge on any atom is 0.248 e. The van der Waals surface area contributed by atoms with Crippen molar-refractivity contribution in [1.82, 2.24) is 10.5 Å². The summed E-state index contributed by atoms with van der Waals surface area (Å²) in [6.45, 7) is 13.1. The van der Waals surface area contributed by atoms with Crippen molar-refractivity contribution in [3.63, 3.8) is 0 Å². The summed E-state index contributed by atoms with van der Waals surface area (Å²) < 4.78 is 16.2. The normalized spacial score (nSPS) is 11.9. The molecule has 0 radical (unpaired) electrons. The number of methoxy groups -OCH3 is 2. The van der Waals surface area contributed by atoms with E-state index < -0.39 is 29.3 Å². The number of benzene rings is 2. The molecule has 1 atom stereocenters. The van der Waals surface area contributed by atoms with Gasteiger partial charge in [-0.05, 0) is 65.7 Å². The number of amides is 3. The molecule has 220 valence electrons. The summed E-state index contributed by atoms with van der Waals surface area (Å²) in [6, 6.07) is 9.60. The van der Waals surface area contributed by atoms with Crippen LogP contribution >= 0.6 is 0 Å². The van der Waals surface area contributed by atoms with Crippen LogP contribution in [0, 0.1) is 27.7 Å². The summed E-state index contributed by atoms with van der Waals surface area (Å²) in [7, 11) is 3.00. The maximum atomic E-state index is 14.2. The number of hydrogen-bond acceptors (Lipinski definition) is 7. The van der Waals surface area contributed by atoms with Gasteiger partial charge >= 0.3 is 0 Å². The Morgan fingerprint density at radius 1 is 0.976 bits per heavy atom. The van der Waals surface area contributed by atoms with E-state index >= 15 is 0 Å². The fraction of sp³-hybridized carbons (Fsp3) is 0.419. The number of carbonyl (C=O) groups is 3. The summed E-state index contributed by atoms with van der Waals surface area (Å²) in [5.74, 6) is 0.357. The van der Waals surface area contributed by atoms with Crippen LogP contribution in [0.4, 0.5) is 11.5 Å². The van der Waals surface area contributed by atoms with Gasteiger partial charge < -0.3 is 24.6 Å². The van der Waals surface area contributed by atoms with E-state index in [0.29, 0.717) is 28.5 Å². The minimum Gasteiger partial charge on any atom is -0.493 e. The second kappa shape index (κ2) is 12.9. The van der Waals surface area contributed by atoms with E-state index in [1.54, 1.807) is 31.2 Å². The molecule has 3 amide bonds. The fourth-order valence-electron chi connectivity index (χ4n) is 4.88. The van der Waals surface area contributed by atoms with E-state index in [4.69, 9.17) is 14.0 Å². The standard InChI is InChI=1S/C31H40N4O6/c1-18-15-19(2)27(20(3)16-18)35(26(37)14-13-25(36)32-24-17-21(4)41-34-24)28(30(38)33-31(5,6)7)22-11-10-12-23(39-8)29(22)40-9/h10-12,15-17,28H,13-14H2,1-9H3,(H,33,38)(H,32,34,36)/t28-/m0/s1. The number of ether oxygens (including phenoxy) is 2. The summed E-state index contributed by atoms with van der Waals surface area (Å²) in [5, 5.41) is 9.46. The minimum atomic E-state index is -1.13. The van der Waals surface area contributed by atoms with Crippen LogP contribution in [0.5, 0.6) is 11.5 Å². The molecule has 2 N–H and O–H groups in total. The smallest absolute Gasteiger partial charge is 0.248 e. The van der Waals surface area contributed by atoms with Gasteiger partial charge in [0.05, 0.1) is 19.9 Å². The highest BCUT2D eigenvalue weighted by Crippen LogP contribution is 2.41. The van der Waals surface area contributed by atoms with Crippen LogP contribution in [-0.4, -0.2) is 42.6 Å². The van der Waals surface area contributed by atoms with Gasteiger partial charge in [0.25, 0.3) is 0 Å². The van der Waals surface area contributed by atoms with Gasteiger partial charge in [0.2, 0.25) is 17.7 Å². The van der Waals surface area contributed by atoms with Gasteiger partial charge in [-0.15, -0.1) is 0 Å². The first-order valence-corrected chi connectivity index (χ1v) is 13.4. The van der Waals surface area contributed by atoms with Crippen LogP contribution in [0.3, 0.4) is 0 Å². The van der Waals surface area contributed by atoms with E-state index in [-0.39, 0.29) is 18.7 Å². The van der Waals surface area contributed by atoms with Gasteiger partial charge in [-0.3, -0.25) is 19.3 Å². The van der Waals surface area contributed by atoms with Gasteiger partial charge in [0.15, 0.2) is 17.3 Å². The summed E-state index contributed by atoms with van der Waals surface area (Å²) in [5.41, 5.74) is 3.09. The van der Waals surface area contributed by atoms with Crippen molar-refractivity contribution in [2.75, 3.05) is 24.4 Å².